The number of aromatic nitrogens is 1. The summed E-state index contributed by atoms with van der Waals surface area (Å²) in [6, 6.07) is 25.0. The van der Waals surface area contributed by atoms with Gasteiger partial charge in [0, 0.05) is 28.3 Å². The lowest BCUT2D eigenvalue weighted by Gasteiger charge is -2.27. The Balaban J connectivity index is 1.52. The number of rotatable bonds is 7. The number of hydrogen-bond donors (Lipinski definition) is 2. The Morgan fingerprint density at radius 2 is 1.85 bits per heavy atom. The van der Waals surface area contributed by atoms with E-state index in [4.69, 9.17) is 21.4 Å². The smallest absolute Gasteiger partial charge is 0.229 e. The Hall–Kier alpha value is -3.82. The number of carbonyl (C=O) groups is 1. The van der Waals surface area contributed by atoms with Crippen LogP contribution < -0.4 is 20.3 Å². The number of amides is 1. The van der Waals surface area contributed by atoms with Crippen LogP contribution in [0, 0.1) is 5.41 Å². The summed E-state index contributed by atoms with van der Waals surface area (Å²) in [7, 11) is 1.58. The molecule has 3 heterocycles. The van der Waals surface area contributed by atoms with Gasteiger partial charge in [-0.1, -0.05) is 56.8 Å². The van der Waals surface area contributed by atoms with Gasteiger partial charge in [0.2, 0.25) is 5.91 Å². The van der Waals surface area contributed by atoms with Crippen LogP contribution in [0.2, 0.25) is 0 Å². The number of anilines is 2. The molecule has 0 aliphatic carbocycles. The van der Waals surface area contributed by atoms with E-state index in [0.29, 0.717) is 16.5 Å². The Morgan fingerprint density at radius 3 is 2.54 bits per heavy atom. The van der Waals surface area contributed by atoms with Crippen LogP contribution in [0.15, 0.2) is 99.5 Å². The van der Waals surface area contributed by atoms with Crippen LogP contribution in [0.3, 0.4) is 0 Å². The number of carbonyl (C=O) groups excluding carboxylic acids is 1. The third-order valence-corrected chi connectivity index (χ3v) is 7.59. The number of furan rings is 1. The zero-order valence-electron chi connectivity index (χ0n) is 22.2. The molecule has 7 nitrogen and oxygen atoms in total. The van der Waals surface area contributed by atoms with Gasteiger partial charge in [-0.15, -0.1) is 0 Å². The molecule has 2 aromatic heterocycles. The molecule has 0 saturated carbocycles. The molecule has 1 aliphatic heterocycles. The number of methoxy groups -OCH3 is 1. The van der Waals surface area contributed by atoms with Gasteiger partial charge < -0.3 is 24.7 Å². The van der Waals surface area contributed by atoms with Crippen molar-refractivity contribution in [2.45, 2.75) is 42.8 Å². The summed E-state index contributed by atoms with van der Waals surface area (Å²) < 4.78 is 12.1. The molecule has 0 radical (unpaired) electrons. The Kier molecular flexibility index (Phi) is 7.63. The zero-order valence-corrected chi connectivity index (χ0v) is 23.8. The summed E-state index contributed by atoms with van der Waals surface area (Å²) in [6.45, 7) is 5.61. The van der Waals surface area contributed by atoms with Crippen LogP contribution in [-0.4, -0.2) is 23.1 Å². The average Bonchev–Trinajstić information content (AvgIpc) is 3.53. The highest BCUT2D eigenvalue weighted by molar-refractivity contribution is 7.99. The highest BCUT2D eigenvalue weighted by Gasteiger charge is 2.43. The van der Waals surface area contributed by atoms with E-state index < -0.39 is 5.41 Å². The quantitative estimate of drug-likeness (QED) is 0.235. The average molecular weight is 559 g/mol. The molecule has 1 saturated heterocycles. The molecule has 1 fully saturated rings. The summed E-state index contributed by atoms with van der Waals surface area (Å²) in [4.78, 5) is 20.4. The summed E-state index contributed by atoms with van der Waals surface area (Å²) in [5, 5.41) is 7.74. The van der Waals surface area contributed by atoms with Gasteiger partial charge in [0.05, 0.1) is 24.5 Å². The SMILES string of the molecule is COc1cc(N2C(=S)N[C@@H](c3ccccn3)[C@H]2c2ccc(Sc3ccccc3)o2)ccc1NC(=O)C(C)(C)C. The number of ether oxygens (including phenoxy) is 1. The van der Waals surface area contributed by atoms with E-state index in [-0.39, 0.29) is 18.0 Å². The molecule has 200 valence electrons. The van der Waals surface area contributed by atoms with Gasteiger partial charge >= 0.3 is 0 Å². The summed E-state index contributed by atoms with van der Waals surface area (Å²) in [6.07, 6.45) is 1.77. The molecule has 2 atom stereocenters. The van der Waals surface area contributed by atoms with E-state index in [9.17, 15) is 4.79 Å². The molecule has 0 bridgehead atoms. The molecular formula is C30H30N4O3S2. The van der Waals surface area contributed by atoms with Crippen molar-refractivity contribution in [2.75, 3.05) is 17.3 Å². The number of benzene rings is 2. The van der Waals surface area contributed by atoms with Crippen molar-refractivity contribution in [3.8, 4) is 5.75 Å². The predicted octanol–water partition coefficient (Wildman–Crippen LogP) is 7.00. The highest BCUT2D eigenvalue weighted by Crippen LogP contribution is 2.44. The Bertz CT molecular complexity index is 1470. The molecule has 0 spiro atoms. The van der Waals surface area contributed by atoms with Gasteiger partial charge in [-0.3, -0.25) is 9.78 Å². The molecule has 2 N–H and O–H groups in total. The fourth-order valence-corrected chi connectivity index (χ4v) is 5.46. The normalized spacial score (nSPS) is 17.1. The number of nitrogens with zero attached hydrogens (tertiary/aromatic N) is 2. The van der Waals surface area contributed by atoms with Gasteiger partial charge in [-0.05, 0) is 60.7 Å². The summed E-state index contributed by atoms with van der Waals surface area (Å²) in [5.41, 5.74) is 1.70. The summed E-state index contributed by atoms with van der Waals surface area (Å²) in [5.74, 6) is 1.19. The van der Waals surface area contributed by atoms with Gasteiger partial charge in [0.25, 0.3) is 0 Å². The molecule has 4 aromatic rings. The standard InChI is InChI=1S/C30H30N4O3S2/c1-30(2,3)28(35)32-21-14-13-19(18-24(21)36-4)34-27(26(33-29(34)38)22-12-8-9-17-31-22)23-15-16-25(37-23)39-20-10-6-5-7-11-20/h5-18,26-27H,1-4H3,(H,32,35)(H,33,38)/t26-,27+/m0/s1. The Labute approximate surface area is 238 Å². The number of thiocarbonyl (C=S) groups is 1. The van der Waals surface area contributed by atoms with Crippen molar-refractivity contribution >= 4 is 46.4 Å². The second kappa shape index (κ2) is 11.1. The van der Waals surface area contributed by atoms with E-state index >= 15 is 0 Å². The molecule has 39 heavy (non-hydrogen) atoms. The van der Waals surface area contributed by atoms with Crippen molar-refractivity contribution in [2.24, 2.45) is 5.41 Å². The fraction of sp³-hybridized carbons (Fsp3) is 0.233. The van der Waals surface area contributed by atoms with Crippen LogP contribution in [0.4, 0.5) is 11.4 Å². The third-order valence-electron chi connectivity index (χ3n) is 6.35. The van der Waals surface area contributed by atoms with Crippen LogP contribution in [0.25, 0.3) is 0 Å². The van der Waals surface area contributed by atoms with E-state index in [0.717, 1.165) is 27.1 Å². The van der Waals surface area contributed by atoms with Crippen molar-refractivity contribution in [3.63, 3.8) is 0 Å². The van der Waals surface area contributed by atoms with Crippen LogP contribution in [0.1, 0.15) is 44.3 Å². The van der Waals surface area contributed by atoms with Crippen LogP contribution in [0.5, 0.6) is 5.75 Å². The van der Waals surface area contributed by atoms with Crippen LogP contribution in [-0.2, 0) is 4.79 Å². The minimum Gasteiger partial charge on any atom is -0.494 e. The Morgan fingerprint density at radius 1 is 1.08 bits per heavy atom. The first kappa shape index (κ1) is 26.8. The van der Waals surface area contributed by atoms with Crippen molar-refractivity contribution < 1.29 is 13.9 Å². The first-order chi connectivity index (χ1) is 18.7. The fourth-order valence-electron chi connectivity index (χ4n) is 4.32. The van der Waals surface area contributed by atoms with Gasteiger partial charge in [0.1, 0.15) is 17.6 Å². The highest BCUT2D eigenvalue weighted by atomic mass is 32.2. The third kappa shape index (κ3) is 5.79. The first-order valence-electron chi connectivity index (χ1n) is 12.6. The molecule has 9 heteroatoms. The van der Waals surface area contributed by atoms with Crippen molar-refractivity contribution in [1.82, 2.24) is 10.3 Å². The van der Waals surface area contributed by atoms with Crippen molar-refractivity contribution in [3.05, 3.63) is 96.5 Å². The van der Waals surface area contributed by atoms with E-state index in [2.05, 4.69) is 15.6 Å². The lowest BCUT2D eigenvalue weighted by Crippen LogP contribution is -2.30. The summed E-state index contributed by atoms with van der Waals surface area (Å²) >= 11 is 7.41. The van der Waals surface area contributed by atoms with E-state index in [1.807, 2.05) is 105 Å². The largest absolute Gasteiger partial charge is 0.494 e. The minimum absolute atomic E-state index is 0.0981. The number of nitrogens with one attached hydrogen (secondary N) is 2. The second-order valence-electron chi connectivity index (χ2n) is 10.2. The van der Waals surface area contributed by atoms with Crippen molar-refractivity contribution in [1.29, 1.82) is 0 Å². The maximum atomic E-state index is 12.6. The lowest BCUT2D eigenvalue weighted by atomic mass is 9.95. The topological polar surface area (TPSA) is 79.6 Å². The number of pyridine rings is 1. The maximum Gasteiger partial charge on any atom is 0.229 e. The molecule has 1 amide bonds. The molecular weight excluding hydrogens is 528 g/mol. The lowest BCUT2D eigenvalue weighted by molar-refractivity contribution is -0.123. The van der Waals surface area contributed by atoms with E-state index in [1.165, 1.54) is 0 Å². The predicted molar refractivity (Wildman–Crippen MR) is 158 cm³/mol. The van der Waals surface area contributed by atoms with Gasteiger partial charge in [-0.2, -0.15) is 0 Å². The molecule has 0 unspecified atom stereocenters. The van der Waals surface area contributed by atoms with Gasteiger partial charge in [0.15, 0.2) is 10.2 Å². The van der Waals surface area contributed by atoms with Gasteiger partial charge in [-0.25, -0.2) is 0 Å². The van der Waals surface area contributed by atoms with E-state index in [1.54, 1.807) is 25.1 Å². The first-order valence-corrected chi connectivity index (χ1v) is 13.8. The zero-order chi connectivity index (χ0) is 27.6. The monoisotopic (exact) mass is 558 g/mol. The molecule has 1 aliphatic rings. The molecule has 2 aromatic carbocycles. The second-order valence-corrected chi connectivity index (χ2v) is 11.6. The molecule has 5 rings (SSSR count). The van der Waals surface area contributed by atoms with Crippen LogP contribution >= 0.6 is 24.0 Å². The maximum absolute atomic E-state index is 12.6. The minimum atomic E-state index is -0.542. The number of hydrogen-bond acceptors (Lipinski definition) is 6.